The summed E-state index contributed by atoms with van der Waals surface area (Å²) in [5.41, 5.74) is -1.40. The molecule has 1 heterocycles. The highest BCUT2D eigenvalue weighted by Crippen LogP contribution is 2.28. The van der Waals surface area contributed by atoms with Gasteiger partial charge >= 0.3 is 5.69 Å². The SMILES string of the molecule is Cc1[nH]nc(C(F)F)c1[N+](=O)[O-]. The Kier molecular flexibility index (Phi) is 2.03. The largest absolute Gasteiger partial charge is 0.318 e. The molecule has 0 bridgehead atoms. The molecule has 1 rings (SSSR count). The van der Waals surface area contributed by atoms with Crippen molar-refractivity contribution in [3.8, 4) is 0 Å². The molecule has 0 amide bonds. The molecular formula is C5H5F2N3O2. The fourth-order valence-electron chi connectivity index (χ4n) is 0.825. The van der Waals surface area contributed by atoms with Gasteiger partial charge in [-0.2, -0.15) is 5.10 Å². The Balaban J connectivity index is 3.21. The summed E-state index contributed by atoms with van der Waals surface area (Å²) in [4.78, 5) is 9.35. The first-order valence-corrected chi connectivity index (χ1v) is 3.01. The van der Waals surface area contributed by atoms with E-state index in [1.807, 2.05) is 0 Å². The van der Waals surface area contributed by atoms with Gasteiger partial charge in [0.05, 0.1) is 4.92 Å². The van der Waals surface area contributed by atoms with Crippen molar-refractivity contribution < 1.29 is 13.7 Å². The molecule has 0 fully saturated rings. The van der Waals surface area contributed by atoms with Gasteiger partial charge in [-0.15, -0.1) is 0 Å². The second kappa shape index (κ2) is 2.84. The maximum Gasteiger partial charge on any atom is 0.318 e. The number of rotatable bonds is 2. The number of hydrogen-bond acceptors (Lipinski definition) is 3. The zero-order valence-corrected chi connectivity index (χ0v) is 6.04. The Morgan fingerprint density at radius 3 is 2.58 bits per heavy atom. The lowest BCUT2D eigenvalue weighted by atomic mass is 10.3. The standard InChI is InChI=1S/C5H5F2N3O2/c1-2-4(10(11)12)3(5(6)7)9-8-2/h5H,1H3,(H,8,9). The second-order valence-corrected chi connectivity index (χ2v) is 2.14. The number of H-pyrrole nitrogens is 1. The van der Waals surface area contributed by atoms with Crippen molar-refractivity contribution in [3.05, 3.63) is 21.5 Å². The van der Waals surface area contributed by atoms with Gasteiger partial charge in [0.15, 0.2) is 0 Å². The summed E-state index contributed by atoms with van der Waals surface area (Å²) >= 11 is 0. The third kappa shape index (κ3) is 1.25. The summed E-state index contributed by atoms with van der Waals surface area (Å²) in [6, 6.07) is 0. The summed E-state index contributed by atoms with van der Waals surface area (Å²) in [5.74, 6) is 0. The highest BCUT2D eigenvalue weighted by Gasteiger charge is 2.27. The minimum atomic E-state index is -2.92. The van der Waals surface area contributed by atoms with E-state index in [9.17, 15) is 18.9 Å². The first-order chi connectivity index (χ1) is 5.54. The molecule has 1 aromatic heterocycles. The average molecular weight is 177 g/mol. The number of halogens is 2. The predicted molar refractivity (Wildman–Crippen MR) is 34.9 cm³/mol. The third-order valence-electron chi connectivity index (χ3n) is 1.33. The van der Waals surface area contributed by atoms with E-state index < -0.39 is 22.7 Å². The first kappa shape index (κ1) is 8.57. The molecule has 0 aromatic carbocycles. The van der Waals surface area contributed by atoms with E-state index in [1.165, 1.54) is 6.92 Å². The van der Waals surface area contributed by atoms with Gasteiger partial charge in [-0.25, -0.2) is 8.78 Å². The van der Waals surface area contributed by atoms with E-state index in [-0.39, 0.29) is 5.69 Å². The van der Waals surface area contributed by atoms with Gasteiger partial charge in [0.2, 0.25) is 5.69 Å². The van der Waals surface area contributed by atoms with Crippen LogP contribution in [0.5, 0.6) is 0 Å². The molecule has 0 saturated heterocycles. The Labute approximate surface area is 65.5 Å². The van der Waals surface area contributed by atoms with Gasteiger partial charge in [-0.1, -0.05) is 0 Å². The second-order valence-electron chi connectivity index (χ2n) is 2.14. The number of nitro groups is 1. The number of aryl methyl sites for hydroxylation is 1. The fraction of sp³-hybridized carbons (Fsp3) is 0.400. The zero-order valence-electron chi connectivity index (χ0n) is 6.04. The molecule has 7 heteroatoms. The topological polar surface area (TPSA) is 71.8 Å². The fourth-order valence-corrected chi connectivity index (χ4v) is 0.825. The summed E-state index contributed by atoms with van der Waals surface area (Å²) in [6.07, 6.45) is -2.92. The van der Waals surface area contributed by atoms with Crippen LogP contribution in [-0.4, -0.2) is 15.1 Å². The van der Waals surface area contributed by atoms with Crippen molar-refractivity contribution in [2.45, 2.75) is 13.3 Å². The van der Waals surface area contributed by atoms with Gasteiger partial charge in [-0.05, 0) is 6.92 Å². The smallest absolute Gasteiger partial charge is 0.275 e. The Hall–Kier alpha value is -1.53. The number of aromatic amines is 1. The van der Waals surface area contributed by atoms with E-state index in [1.54, 1.807) is 0 Å². The van der Waals surface area contributed by atoms with Crippen LogP contribution in [0.3, 0.4) is 0 Å². The van der Waals surface area contributed by atoms with Crippen molar-refractivity contribution >= 4 is 5.69 Å². The summed E-state index contributed by atoms with van der Waals surface area (Å²) in [6.45, 7) is 1.32. The minimum Gasteiger partial charge on any atom is -0.275 e. The zero-order chi connectivity index (χ0) is 9.30. The lowest BCUT2D eigenvalue weighted by Crippen LogP contribution is -1.94. The molecule has 0 atom stereocenters. The molecule has 0 aliphatic rings. The molecule has 1 N–H and O–H groups in total. The van der Waals surface area contributed by atoms with E-state index in [0.717, 1.165) is 0 Å². The summed E-state index contributed by atoms with van der Waals surface area (Å²) in [5, 5.41) is 15.5. The van der Waals surface area contributed by atoms with Gasteiger partial charge in [-0.3, -0.25) is 15.2 Å². The molecule has 1 aromatic rings. The van der Waals surface area contributed by atoms with Gasteiger partial charge in [0, 0.05) is 0 Å². The molecule has 0 aliphatic carbocycles. The van der Waals surface area contributed by atoms with Crippen LogP contribution in [-0.2, 0) is 0 Å². The van der Waals surface area contributed by atoms with Gasteiger partial charge in [0.1, 0.15) is 5.69 Å². The monoisotopic (exact) mass is 177 g/mol. The van der Waals surface area contributed by atoms with Crippen LogP contribution in [0.25, 0.3) is 0 Å². The summed E-state index contributed by atoms with van der Waals surface area (Å²) < 4.78 is 24.0. The number of nitrogens with one attached hydrogen (secondary N) is 1. The van der Waals surface area contributed by atoms with Crippen molar-refractivity contribution in [3.63, 3.8) is 0 Å². The third-order valence-corrected chi connectivity index (χ3v) is 1.33. The van der Waals surface area contributed by atoms with Crippen molar-refractivity contribution in [1.29, 1.82) is 0 Å². The van der Waals surface area contributed by atoms with Crippen molar-refractivity contribution in [2.24, 2.45) is 0 Å². The highest BCUT2D eigenvalue weighted by molar-refractivity contribution is 5.40. The molecule has 5 nitrogen and oxygen atoms in total. The maximum atomic E-state index is 12.0. The molecule has 12 heavy (non-hydrogen) atoms. The Morgan fingerprint density at radius 1 is 1.67 bits per heavy atom. The van der Waals surface area contributed by atoms with Crippen LogP contribution in [0.4, 0.5) is 14.5 Å². The quantitative estimate of drug-likeness (QED) is 0.550. The molecular weight excluding hydrogens is 172 g/mol. The van der Waals surface area contributed by atoms with Crippen molar-refractivity contribution in [2.75, 3.05) is 0 Å². The summed E-state index contributed by atoms with van der Waals surface area (Å²) in [7, 11) is 0. The van der Waals surface area contributed by atoms with Crippen LogP contribution in [0.2, 0.25) is 0 Å². The van der Waals surface area contributed by atoms with Crippen molar-refractivity contribution in [1.82, 2.24) is 10.2 Å². The Bertz CT molecular complexity index is 310. The molecule has 66 valence electrons. The maximum absolute atomic E-state index is 12.0. The number of alkyl halides is 2. The Morgan fingerprint density at radius 2 is 2.25 bits per heavy atom. The van der Waals surface area contributed by atoms with Crippen LogP contribution in [0, 0.1) is 17.0 Å². The van der Waals surface area contributed by atoms with Crippen LogP contribution < -0.4 is 0 Å². The van der Waals surface area contributed by atoms with E-state index >= 15 is 0 Å². The minimum absolute atomic E-state index is 0.0373. The first-order valence-electron chi connectivity index (χ1n) is 3.01. The lowest BCUT2D eigenvalue weighted by Gasteiger charge is -1.91. The highest BCUT2D eigenvalue weighted by atomic mass is 19.3. The normalized spacial score (nSPS) is 10.7. The number of aromatic nitrogens is 2. The molecule has 0 radical (unpaired) electrons. The number of nitrogens with zero attached hydrogens (tertiary/aromatic N) is 2. The van der Waals surface area contributed by atoms with Gasteiger partial charge < -0.3 is 0 Å². The molecule has 0 aliphatic heterocycles. The number of hydrogen-bond donors (Lipinski definition) is 1. The lowest BCUT2D eigenvalue weighted by molar-refractivity contribution is -0.386. The van der Waals surface area contributed by atoms with E-state index in [4.69, 9.17) is 0 Å². The average Bonchev–Trinajstić information content (AvgIpc) is 2.30. The van der Waals surface area contributed by atoms with Gasteiger partial charge in [0.25, 0.3) is 6.43 Å². The van der Waals surface area contributed by atoms with E-state index in [0.29, 0.717) is 0 Å². The van der Waals surface area contributed by atoms with Crippen LogP contribution >= 0.6 is 0 Å². The molecule has 0 unspecified atom stereocenters. The molecule has 0 spiro atoms. The predicted octanol–water partition coefficient (Wildman–Crippen LogP) is 1.56. The van der Waals surface area contributed by atoms with E-state index in [2.05, 4.69) is 10.2 Å². The van der Waals surface area contributed by atoms with Crippen LogP contribution in [0.15, 0.2) is 0 Å². The van der Waals surface area contributed by atoms with Crippen LogP contribution in [0.1, 0.15) is 17.8 Å². The molecule has 0 saturated carbocycles.